The Morgan fingerprint density at radius 1 is 1.21 bits per heavy atom. The molecule has 19 heavy (non-hydrogen) atoms. The standard InChI is InChI=1S/C16H22N2O/c1-12(2)13(3)17-16(19)9-11-18-10-8-14-6-4-5-7-15(14)18/h4-8,10,12-13H,9,11H2,1-3H3,(H,17,19)/t13-/m0/s1. The first-order chi connectivity index (χ1) is 9.08. The Morgan fingerprint density at radius 2 is 1.95 bits per heavy atom. The van der Waals surface area contributed by atoms with Crippen LogP contribution in [0, 0.1) is 5.92 Å². The lowest BCUT2D eigenvalue weighted by Crippen LogP contribution is -2.36. The maximum Gasteiger partial charge on any atom is 0.222 e. The van der Waals surface area contributed by atoms with Gasteiger partial charge in [-0.2, -0.15) is 0 Å². The molecule has 1 amide bonds. The van der Waals surface area contributed by atoms with E-state index in [1.165, 1.54) is 10.9 Å². The second kappa shape index (κ2) is 5.91. The molecule has 0 saturated carbocycles. The van der Waals surface area contributed by atoms with Crippen molar-refractivity contribution in [1.82, 2.24) is 9.88 Å². The minimum Gasteiger partial charge on any atom is -0.353 e. The zero-order chi connectivity index (χ0) is 13.8. The normalized spacial score (nSPS) is 12.8. The van der Waals surface area contributed by atoms with E-state index in [2.05, 4.69) is 41.9 Å². The molecule has 3 nitrogen and oxygen atoms in total. The first kappa shape index (κ1) is 13.7. The van der Waals surface area contributed by atoms with Gasteiger partial charge in [0.15, 0.2) is 0 Å². The molecule has 2 rings (SSSR count). The van der Waals surface area contributed by atoms with Crippen LogP contribution < -0.4 is 5.32 Å². The molecule has 0 aliphatic carbocycles. The van der Waals surface area contributed by atoms with Crippen LogP contribution in [0.5, 0.6) is 0 Å². The van der Waals surface area contributed by atoms with E-state index in [1.54, 1.807) is 0 Å². The van der Waals surface area contributed by atoms with Gasteiger partial charge in [0.2, 0.25) is 5.91 Å². The number of amides is 1. The molecular weight excluding hydrogens is 236 g/mol. The van der Waals surface area contributed by atoms with Gasteiger partial charge in [0.1, 0.15) is 0 Å². The average Bonchev–Trinajstić information content (AvgIpc) is 2.79. The number of hydrogen-bond donors (Lipinski definition) is 1. The molecular formula is C16H22N2O. The number of aryl methyl sites for hydroxylation is 1. The Kier molecular flexibility index (Phi) is 4.25. The Balaban J connectivity index is 1.94. The number of aromatic nitrogens is 1. The van der Waals surface area contributed by atoms with Crippen LogP contribution in [0.4, 0.5) is 0 Å². The first-order valence-electron chi connectivity index (χ1n) is 6.91. The van der Waals surface area contributed by atoms with E-state index >= 15 is 0 Å². The number of hydrogen-bond acceptors (Lipinski definition) is 1. The number of nitrogens with zero attached hydrogens (tertiary/aromatic N) is 1. The fourth-order valence-electron chi connectivity index (χ4n) is 2.05. The van der Waals surface area contributed by atoms with Crippen molar-refractivity contribution < 1.29 is 4.79 Å². The summed E-state index contributed by atoms with van der Waals surface area (Å²) in [6.45, 7) is 7.01. The molecule has 1 atom stereocenters. The number of nitrogens with one attached hydrogen (secondary N) is 1. The van der Waals surface area contributed by atoms with Crippen LogP contribution in [0.2, 0.25) is 0 Å². The fraction of sp³-hybridized carbons (Fsp3) is 0.438. The largest absolute Gasteiger partial charge is 0.353 e. The monoisotopic (exact) mass is 258 g/mol. The number of para-hydroxylation sites is 1. The number of rotatable bonds is 5. The lowest BCUT2D eigenvalue weighted by molar-refractivity contribution is -0.122. The summed E-state index contributed by atoms with van der Waals surface area (Å²) in [4.78, 5) is 11.9. The number of carbonyl (C=O) groups excluding carboxylic acids is 1. The van der Waals surface area contributed by atoms with Crippen LogP contribution >= 0.6 is 0 Å². The highest BCUT2D eigenvalue weighted by atomic mass is 16.1. The Labute approximate surface area is 114 Å². The third-order valence-corrected chi connectivity index (χ3v) is 3.65. The molecule has 1 heterocycles. The number of carbonyl (C=O) groups is 1. The molecule has 0 fully saturated rings. The van der Waals surface area contributed by atoms with Crippen LogP contribution in [0.3, 0.4) is 0 Å². The molecule has 1 aromatic carbocycles. The molecule has 2 aromatic rings. The molecule has 1 aromatic heterocycles. The molecule has 1 N–H and O–H groups in total. The van der Waals surface area contributed by atoms with Gasteiger partial charge in [-0.25, -0.2) is 0 Å². The zero-order valence-corrected chi connectivity index (χ0v) is 11.9. The molecule has 3 heteroatoms. The van der Waals surface area contributed by atoms with Crippen LogP contribution in [-0.4, -0.2) is 16.5 Å². The second-order valence-electron chi connectivity index (χ2n) is 5.42. The lowest BCUT2D eigenvalue weighted by Gasteiger charge is -2.17. The third kappa shape index (κ3) is 3.37. The van der Waals surface area contributed by atoms with Gasteiger partial charge in [0.05, 0.1) is 0 Å². The van der Waals surface area contributed by atoms with Gasteiger partial charge in [-0.1, -0.05) is 32.0 Å². The summed E-state index contributed by atoms with van der Waals surface area (Å²) in [5.74, 6) is 0.593. The van der Waals surface area contributed by atoms with Gasteiger partial charge in [0.25, 0.3) is 0 Å². The van der Waals surface area contributed by atoms with Crippen molar-refractivity contribution in [2.24, 2.45) is 5.92 Å². The highest BCUT2D eigenvalue weighted by molar-refractivity contribution is 5.80. The molecule has 102 valence electrons. The van der Waals surface area contributed by atoms with E-state index < -0.39 is 0 Å². The third-order valence-electron chi connectivity index (χ3n) is 3.65. The van der Waals surface area contributed by atoms with Crippen LogP contribution in [-0.2, 0) is 11.3 Å². The molecule has 0 radical (unpaired) electrons. The van der Waals surface area contributed by atoms with Gasteiger partial charge in [-0.05, 0) is 30.4 Å². The molecule has 0 aliphatic rings. The number of benzene rings is 1. The van der Waals surface area contributed by atoms with E-state index in [4.69, 9.17) is 0 Å². The van der Waals surface area contributed by atoms with Crippen molar-refractivity contribution in [3.05, 3.63) is 36.5 Å². The quantitative estimate of drug-likeness (QED) is 0.878. The summed E-state index contributed by atoms with van der Waals surface area (Å²) in [5, 5.41) is 4.26. The smallest absolute Gasteiger partial charge is 0.222 e. The summed E-state index contributed by atoms with van der Waals surface area (Å²) >= 11 is 0. The van der Waals surface area contributed by atoms with Gasteiger partial charge in [0, 0.05) is 30.7 Å². The summed E-state index contributed by atoms with van der Waals surface area (Å²) in [6, 6.07) is 10.6. The van der Waals surface area contributed by atoms with E-state index in [0.29, 0.717) is 12.3 Å². The summed E-state index contributed by atoms with van der Waals surface area (Å²) in [5.41, 5.74) is 1.19. The van der Waals surface area contributed by atoms with E-state index in [0.717, 1.165) is 6.54 Å². The summed E-state index contributed by atoms with van der Waals surface area (Å²) in [7, 11) is 0. The molecule has 0 spiro atoms. The highest BCUT2D eigenvalue weighted by Gasteiger charge is 2.10. The Bertz CT molecular complexity index is 557. The minimum atomic E-state index is 0.124. The fourth-order valence-corrected chi connectivity index (χ4v) is 2.05. The van der Waals surface area contributed by atoms with E-state index in [9.17, 15) is 4.79 Å². The highest BCUT2D eigenvalue weighted by Crippen LogP contribution is 2.15. The van der Waals surface area contributed by atoms with Crippen LogP contribution in [0.1, 0.15) is 27.2 Å². The van der Waals surface area contributed by atoms with Crippen molar-refractivity contribution in [3.63, 3.8) is 0 Å². The lowest BCUT2D eigenvalue weighted by atomic mass is 10.1. The Morgan fingerprint density at radius 3 is 2.68 bits per heavy atom. The zero-order valence-electron chi connectivity index (χ0n) is 11.9. The van der Waals surface area contributed by atoms with Crippen molar-refractivity contribution in [2.75, 3.05) is 0 Å². The second-order valence-corrected chi connectivity index (χ2v) is 5.42. The maximum atomic E-state index is 11.9. The molecule has 0 aliphatic heterocycles. The SMILES string of the molecule is CC(C)[C@H](C)NC(=O)CCn1ccc2ccccc21. The van der Waals surface area contributed by atoms with Crippen molar-refractivity contribution >= 4 is 16.8 Å². The van der Waals surface area contributed by atoms with Gasteiger partial charge >= 0.3 is 0 Å². The maximum absolute atomic E-state index is 11.9. The predicted octanol–water partition coefficient (Wildman–Crippen LogP) is 3.19. The number of fused-ring (bicyclic) bond motifs is 1. The van der Waals surface area contributed by atoms with Crippen LogP contribution in [0.15, 0.2) is 36.5 Å². The average molecular weight is 258 g/mol. The van der Waals surface area contributed by atoms with Crippen molar-refractivity contribution in [1.29, 1.82) is 0 Å². The molecule has 0 saturated heterocycles. The minimum absolute atomic E-state index is 0.124. The topological polar surface area (TPSA) is 34.0 Å². The van der Waals surface area contributed by atoms with E-state index in [-0.39, 0.29) is 11.9 Å². The van der Waals surface area contributed by atoms with Gasteiger partial charge in [-0.3, -0.25) is 4.79 Å². The molecule has 0 unspecified atom stereocenters. The predicted molar refractivity (Wildman–Crippen MR) is 79.0 cm³/mol. The Hall–Kier alpha value is -1.77. The first-order valence-corrected chi connectivity index (χ1v) is 6.91. The summed E-state index contributed by atoms with van der Waals surface area (Å²) in [6.07, 6.45) is 2.57. The van der Waals surface area contributed by atoms with Crippen molar-refractivity contribution in [2.45, 2.75) is 39.8 Å². The van der Waals surface area contributed by atoms with E-state index in [1.807, 2.05) is 25.3 Å². The van der Waals surface area contributed by atoms with Crippen LogP contribution in [0.25, 0.3) is 10.9 Å². The van der Waals surface area contributed by atoms with Gasteiger partial charge in [-0.15, -0.1) is 0 Å². The summed E-state index contributed by atoms with van der Waals surface area (Å²) < 4.78 is 2.13. The molecule has 0 bridgehead atoms. The van der Waals surface area contributed by atoms with Gasteiger partial charge < -0.3 is 9.88 Å². The van der Waals surface area contributed by atoms with Crippen molar-refractivity contribution in [3.8, 4) is 0 Å².